The Hall–Kier alpha value is -3.02. The molecule has 0 saturated heterocycles. The molecule has 0 N–H and O–H groups in total. The minimum absolute atomic E-state index is 0.254. The number of benzene rings is 2. The van der Waals surface area contributed by atoms with Gasteiger partial charge in [0.2, 0.25) is 0 Å². The van der Waals surface area contributed by atoms with Gasteiger partial charge in [-0.25, -0.2) is 0 Å². The van der Waals surface area contributed by atoms with Crippen molar-refractivity contribution in [3.05, 3.63) is 58.7 Å². The lowest BCUT2D eigenvalue weighted by Crippen LogP contribution is -2.21. The zero-order valence-corrected chi connectivity index (χ0v) is 18.9. The Kier molecular flexibility index (Phi) is 6.80. The first-order valence-corrected chi connectivity index (χ1v) is 9.78. The summed E-state index contributed by atoms with van der Waals surface area (Å²) in [7, 11) is 0. The van der Waals surface area contributed by atoms with Gasteiger partial charge >= 0.3 is 12.3 Å². The maximum atomic E-state index is 12.0. The molecule has 30 heavy (non-hydrogen) atoms. The molecule has 2 aromatic rings. The SMILES string of the molecule is Cc1ccc(OC(=O)OOC(=O)Oc2ccc(C)cc2C(C)(C)C)c(C(C)(C)C)c1. The Morgan fingerprint density at radius 3 is 1.27 bits per heavy atom. The third-order valence-electron chi connectivity index (χ3n) is 4.45. The zero-order valence-electron chi connectivity index (χ0n) is 18.9. The number of hydrogen-bond donors (Lipinski definition) is 0. The highest BCUT2D eigenvalue weighted by Gasteiger charge is 2.24. The summed E-state index contributed by atoms with van der Waals surface area (Å²) in [6.07, 6.45) is -2.33. The highest BCUT2D eigenvalue weighted by molar-refractivity contribution is 5.68. The fraction of sp³-hybridized carbons (Fsp3) is 0.417. The quantitative estimate of drug-likeness (QED) is 0.240. The van der Waals surface area contributed by atoms with E-state index >= 15 is 0 Å². The Morgan fingerprint density at radius 2 is 0.967 bits per heavy atom. The lowest BCUT2D eigenvalue weighted by molar-refractivity contribution is -0.203. The van der Waals surface area contributed by atoms with E-state index in [1.807, 2.05) is 79.7 Å². The monoisotopic (exact) mass is 414 g/mol. The van der Waals surface area contributed by atoms with Gasteiger partial charge in [0.15, 0.2) is 0 Å². The Balaban J connectivity index is 2.03. The number of ether oxygens (including phenoxy) is 2. The van der Waals surface area contributed by atoms with Crippen LogP contribution < -0.4 is 9.47 Å². The molecular formula is C24H30O6. The Labute approximate surface area is 178 Å². The molecule has 0 radical (unpaired) electrons. The van der Waals surface area contributed by atoms with Gasteiger partial charge in [-0.1, -0.05) is 76.9 Å². The summed E-state index contributed by atoms with van der Waals surface area (Å²) in [4.78, 5) is 33.0. The van der Waals surface area contributed by atoms with E-state index in [9.17, 15) is 9.59 Å². The molecule has 0 aromatic heterocycles. The van der Waals surface area contributed by atoms with Gasteiger partial charge in [0.1, 0.15) is 11.5 Å². The van der Waals surface area contributed by atoms with E-state index in [1.54, 1.807) is 12.1 Å². The molecule has 0 bridgehead atoms. The van der Waals surface area contributed by atoms with Crippen LogP contribution in [0.3, 0.4) is 0 Å². The van der Waals surface area contributed by atoms with Crippen molar-refractivity contribution in [3.8, 4) is 11.5 Å². The summed E-state index contributed by atoms with van der Waals surface area (Å²) in [5, 5.41) is 0. The lowest BCUT2D eigenvalue weighted by atomic mass is 9.85. The summed E-state index contributed by atoms with van der Waals surface area (Å²) in [5.74, 6) is 0.673. The van der Waals surface area contributed by atoms with Gasteiger partial charge < -0.3 is 9.47 Å². The van der Waals surface area contributed by atoms with Gasteiger partial charge in [-0.2, -0.15) is 19.4 Å². The van der Waals surface area contributed by atoms with Crippen molar-refractivity contribution >= 4 is 12.3 Å². The standard InChI is InChI=1S/C24H30O6/c1-15-9-11-19(17(13-15)23(3,4)5)27-21(25)29-30-22(26)28-20-12-10-16(2)14-18(20)24(6,7)8/h9-14H,1-8H3. The highest BCUT2D eigenvalue weighted by Crippen LogP contribution is 2.33. The molecule has 0 aliphatic carbocycles. The van der Waals surface area contributed by atoms with E-state index in [-0.39, 0.29) is 10.8 Å². The van der Waals surface area contributed by atoms with E-state index < -0.39 is 12.3 Å². The van der Waals surface area contributed by atoms with E-state index in [1.165, 1.54) is 0 Å². The van der Waals surface area contributed by atoms with Crippen molar-refractivity contribution in [1.82, 2.24) is 0 Å². The van der Waals surface area contributed by atoms with Crippen molar-refractivity contribution in [2.75, 3.05) is 0 Å². The third kappa shape index (κ3) is 6.24. The van der Waals surface area contributed by atoms with E-state index in [4.69, 9.17) is 9.47 Å². The van der Waals surface area contributed by atoms with Crippen LogP contribution in [0.5, 0.6) is 11.5 Å². The molecule has 2 aromatic carbocycles. The third-order valence-corrected chi connectivity index (χ3v) is 4.45. The predicted octanol–water partition coefficient (Wildman–Crippen LogP) is 6.54. The molecule has 0 spiro atoms. The van der Waals surface area contributed by atoms with Crippen LogP contribution in [0, 0.1) is 13.8 Å². The summed E-state index contributed by atoms with van der Waals surface area (Å²) in [6, 6.07) is 10.9. The highest BCUT2D eigenvalue weighted by atomic mass is 17.3. The number of carbonyl (C=O) groups is 2. The normalized spacial score (nSPS) is 11.6. The fourth-order valence-corrected chi connectivity index (χ4v) is 2.92. The Morgan fingerprint density at radius 1 is 0.633 bits per heavy atom. The second-order valence-corrected chi connectivity index (χ2v) is 9.37. The summed E-state index contributed by atoms with van der Waals surface area (Å²) in [5.41, 5.74) is 3.22. The second kappa shape index (κ2) is 8.78. The fourth-order valence-electron chi connectivity index (χ4n) is 2.92. The molecule has 0 amide bonds. The zero-order chi connectivity index (χ0) is 22.7. The van der Waals surface area contributed by atoms with Gasteiger partial charge in [-0.05, 0) is 36.8 Å². The average molecular weight is 414 g/mol. The minimum atomic E-state index is -1.17. The molecule has 0 fully saturated rings. The van der Waals surface area contributed by atoms with Gasteiger partial charge in [0.05, 0.1) is 0 Å². The molecule has 0 atom stereocenters. The number of carbonyl (C=O) groups excluding carboxylic acids is 2. The van der Waals surface area contributed by atoms with Crippen LogP contribution >= 0.6 is 0 Å². The summed E-state index contributed by atoms with van der Waals surface area (Å²) >= 11 is 0. The van der Waals surface area contributed by atoms with Crippen molar-refractivity contribution in [1.29, 1.82) is 0 Å². The lowest BCUT2D eigenvalue weighted by Gasteiger charge is -2.22. The van der Waals surface area contributed by atoms with Crippen LogP contribution in [-0.2, 0) is 20.6 Å². The van der Waals surface area contributed by atoms with Gasteiger partial charge in [-0.15, -0.1) is 0 Å². The molecule has 2 rings (SSSR count). The average Bonchev–Trinajstić information content (AvgIpc) is 2.61. The molecule has 0 aliphatic rings. The molecule has 0 heterocycles. The van der Waals surface area contributed by atoms with Gasteiger partial charge in [0.25, 0.3) is 0 Å². The van der Waals surface area contributed by atoms with E-state index in [0.29, 0.717) is 11.5 Å². The molecular weight excluding hydrogens is 384 g/mol. The van der Waals surface area contributed by atoms with E-state index in [2.05, 4.69) is 9.78 Å². The van der Waals surface area contributed by atoms with Crippen LogP contribution in [-0.4, -0.2) is 12.3 Å². The van der Waals surface area contributed by atoms with Crippen molar-refractivity contribution in [2.45, 2.75) is 66.2 Å². The van der Waals surface area contributed by atoms with Crippen molar-refractivity contribution in [2.24, 2.45) is 0 Å². The maximum Gasteiger partial charge on any atom is 0.555 e. The number of aryl methyl sites for hydroxylation is 2. The van der Waals surface area contributed by atoms with Crippen LogP contribution in [0.4, 0.5) is 9.59 Å². The first-order chi connectivity index (χ1) is 13.8. The predicted molar refractivity (Wildman–Crippen MR) is 114 cm³/mol. The second-order valence-electron chi connectivity index (χ2n) is 9.37. The first-order valence-electron chi connectivity index (χ1n) is 9.78. The number of hydrogen-bond acceptors (Lipinski definition) is 6. The molecule has 0 saturated carbocycles. The molecule has 162 valence electrons. The first kappa shape index (κ1) is 23.3. The molecule has 0 unspecified atom stereocenters. The Bertz CT molecular complexity index is 854. The maximum absolute atomic E-state index is 12.0. The minimum Gasteiger partial charge on any atom is -0.392 e. The topological polar surface area (TPSA) is 71.1 Å². The largest absolute Gasteiger partial charge is 0.555 e. The summed E-state index contributed by atoms with van der Waals surface area (Å²) < 4.78 is 10.5. The van der Waals surface area contributed by atoms with Crippen LogP contribution in [0.2, 0.25) is 0 Å². The van der Waals surface area contributed by atoms with E-state index in [0.717, 1.165) is 22.3 Å². The smallest absolute Gasteiger partial charge is 0.392 e. The number of rotatable bonds is 2. The molecule has 0 aliphatic heterocycles. The van der Waals surface area contributed by atoms with Crippen molar-refractivity contribution < 1.29 is 28.8 Å². The van der Waals surface area contributed by atoms with Crippen LogP contribution in [0.15, 0.2) is 36.4 Å². The van der Waals surface area contributed by atoms with Gasteiger partial charge in [0, 0.05) is 11.1 Å². The van der Waals surface area contributed by atoms with Gasteiger partial charge in [-0.3, -0.25) is 0 Å². The molecule has 6 nitrogen and oxygen atoms in total. The molecule has 6 heteroatoms. The van der Waals surface area contributed by atoms with Crippen molar-refractivity contribution in [3.63, 3.8) is 0 Å². The summed E-state index contributed by atoms with van der Waals surface area (Å²) in [6.45, 7) is 15.9. The van der Waals surface area contributed by atoms with Crippen LogP contribution in [0.1, 0.15) is 63.8 Å². The van der Waals surface area contributed by atoms with Crippen LogP contribution in [0.25, 0.3) is 0 Å².